The minimum absolute atomic E-state index is 0.0515. The smallest absolute Gasteiger partial charge is 0.263 e. The van der Waals surface area contributed by atoms with E-state index in [9.17, 15) is 13.2 Å². The Morgan fingerprint density at radius 1 is 0.935 bits per heavy atom. The van der Waals surface area contributed by atoms with Crippen LogP contribution in [0.5, 0.6) is 0 Å². The molecule has 0 saturated carbocycles. The van der Waals surface area contributed by atoms with Gasteiger partial charge in [-0.25, -0.2) is 8.42 Å². The van der Waals surface area contributed by atoms with Gasteiger partial charge in [-0.2, -0.15) is 0 Å². The fourth-order valence-electron chi connectivity index (χ4n) is 3.15. The number of carbonyl (C=O) groups excluding carboxylic acids is 1. The number of amides is 1. The van der Waals surface area contributed by atoms with E-state index in [2.05, 4.69) is 22.2 Å². The maximum atomic E-state index is 12.8. The summed E-state index contributed by atoms with van der Waals surface area (Å²) >= 11 is 6.13. The van der Waals surface area contributed by atoms with Crippen LogP contribution in [-0.2, 0) is 16.4 Å². The van der Waals surface area contributed by atoms with Crippen molar-refractivity contribution in [3.63, 3.8) is 0 Å². The number of rotatable bonds is 8. The Hall–Kier alpha value is -2.83. The topological polar surface area (TPSA) is 75.3 Å². The average molecular weight is 457 g/mol. The van der Waals surface area contributed by atoms with Crippen LogP contribution in [0.3, 0.4) is 0 Å². The Balaban J connectivity index is 1.65. The lowest BCUT2D eigenvalue weighted by molar-refractivity contribution is 0.0953. The molecule has 0 aliphatic heterocycles. The quantitative estimate of drug-likeness (QED) is 0.462. The first-order chi connectivity index (χ1) is 14.7. The molecule has 3 aromatic carbocycles. The third kappa shape index (κ3) is 6.32. The summed E-state index contributed by atoms with van der Waals surface area (Å²) < 4.78 is 28.1. The number of carbonyl (C=O) groups is 1. The van der Waals surface area contributed by atoms with Crippen molar-refractivity contribution in [2.24, 2.45) is 0 Å². The van der Waals surface area contributed by atoms with E-state index in [1.807, 2.05) is 26.0 Å². The Labute approximate surface area is 188 Å². The van der Waals surface area contributed by atoms with E-state index in [0.717, 1.165) is 18.4 Å². The predicted octanol–water partition coefficient (Wildman–Crippen LogP) is 5.12. The van der Waals surface area contributed by atoms with Crippen LogP contribution in [0.15, 0.2) is 71.6 Å². The van der Waals surface area contributed by atoms with Gasteiger partial charge in [0.1, 0.15) is 4.90 Å². The van der Waals surface area contributed by atoms with E-state index in [-0.39, 0.29) is 21.4 Å². The molecule has 0 aromatic heterocycles. The molecule has 0 unspecified atom stereocenters. The van der Waals surface area contributed by atoms with Gasteiger partial charge in [0.05, 0.1) is 5.02 Å². The molecule has 0 atom stereocenters. The molecule has 0 spiro atoms. The molecule has 3 rings (SSSR count). The van der Waals surface area contributed by atoms with E-state index < -0.39 is 10.0 Å². The summed E-state index contributed by atoms with van der Waals surface area (Å²) in [5, 5.41) is 2.89. The van der Waals surface area contributed by atoms with Crippen molar-refractivity contribution < 1.29 is 13.2 Å². The van der Waals surface area contributed by atoms with Crippen LogP contribution in [0.1, 0.15) is 33.5 Å². The second-order valence-corrected chi connectivity index (χ2v) is 9.52. The van der Waals surface area contributed by atoms with Gasteiger partial charge in [0.2, 0.25) is 0 Å². The standard InChI is InChI=1S/C24H25ClN2O3S/c1-17-8-11-21(12-9-17)27-31(29,30)23-16-20(10-13-22(23)25)24(28)26-14-4-7-19-6-3-5-18(2)15-19/h3,5-6,8-13,15-16,27H,4,7,14H2,1-2H3,(H,26,28). The maximum absolute atomic E-state index is 12.8. The molecule has 0 bridgehead atoms. The summed E-state index contributed by atoms with van der Waals surface area (Å²) in [5.41, 5.74) is 4.10. The summed E-state index contributed by atoms with van der Waals surface area (Å²) in [7, 11) is -3.94. The zero-order valence-corrected chi connectivity index (χ0v) is 19.1. The Morgan fingerprint density at radius 2 is 1.68 bits per heavy atom. The number of nitrogens with one attached hydrogen (secondary N) is 2. The van der Waals surface area contributed by atoms with Crippen molar-refractivity contribution in [2.75, 3.05) is 11.3 Å². The van der Waals surface area contributed by atoms with Gasteiger partial charge in [-0.15, -0.1) is 0 Å². The molecular formula is C24H25ClN2O3S. The van der Waals surface area contributed by atoms with Crippen LogP contribution in [0.4, 0.5) is 5.69 Å². The highest BCUT2D eigenvalue weighted by Gasteiger charge is 2.20. The number of aryl methyl sites for hydroxylation is 3. The van der Waals surface area contributed by atoms with Crippen molar-refractivity contribution in [2.45, 2.75) is 31.6 Å². The average Bonchev–Trinajstić information content (AvgIpc) is 2.73. The summed E-state index contributed by atoms with van der Waals surface area (Å²) in [6, 6.07) is 19.4. The highest BCUT2D eigenvalue weighted by Crippen LogP contribution is 2.25. The number of hydrogen-bond donors (Lipinski definition) is 2. The van der Waals surface area contributed by atoms with Gasteiger partial charge in [0.15, 0.2) is 0 Å². The molecule has 0 fully saturated rings. The van der Waals surface area contributed by atoms with Crippen LogP contribution < -0.4 is 10.0 Å². The molecule has 0 saturated heterocycles. The lowest BCUT2D eigenvalue weighted by Gasteiger charge is -2.12. The van der Waals surface area contributed by atoms with Gasteiger partial charge in [-0.1, -0.05) is 59.1 Å². The monoisotopic (exact) mass is 456 g/mol. The first kappa shape index (κ1) is 22.8. The minimum atomic E-state index is -3.94. The number of halogens is 1. The number of anilines is 1. The highest BCUT2D eigenvalue weighted by molar-refractivity contribution is 7.92. The van der Waals surface area contributed by atoms with E-state index in [1.165, 1.54) is 29.3 Å². The molecule has 0 heterocycles. The molecule has 0 aliphatic carbocycles. The minimum Gasteiger partial charge on any atom is -0.352 e. The highest BCUT2D eigenvalue weighted by atomic mass is 35.5. The molecule has 0 aliphatic rings. The second-order valence-electron chi connectivity index (χ2n) is 7.47. The molecule has 162 valence electrons. The van der Waals surface area contributed by atoms with Gasteiger partial charge in [0.25, 0.3) is 15.9 Å². The van der Waals surface area contributed by atoms with Crippen LogP contribution in [0, 0.1) is 13.8 Å². The van der Waals surface area contributed by atoms with E-state index >= 15 is 0 Å². The molecule has 0 radical (unpaired) electrons. The van der Waals surface area contributed by atoms with E-state index in [4.69, 9.17) is 11.6 Å². The molecular weight excluding hydrogens is 432 g/mol. The lowest BCUT2D eigenvalue weighted by Crippen LogP contribution is -2.25. The van der Waals surface area contributed by atoms with Gasteiger partial charge in [0, 0.05) is 17.8 Å². The Bertz CT molecular complexity index is 1180. The zero-order chi connectivity index (χ0) is 22.4. The SMILES string of the molecule is Cc1ccc(NS(=O)(=O)c2cc(C(=O)NCCCc3cccc(C)c3)ccc2Cl)cc1. The molecule has 1 amide bonds. The third-order valence-corrected chi connectivity index (χ3v) is 6.66. The van der Waals surface area contributed by atoms with Gasteiger partial charge in [-0.3, -0.25) is 9.52 Å². The molecule has 3 aromatic rings. The van der Waals surface area contributed by atoms with Crippen LogP contribution in [0.25, 0.3) is 0 Å². The summed E-state index contributed by atoms with van der Waals surface area (Å²) in [5.74, 6) is -0.340. The van der Waals surface area contributed by atoms with E-state index in [0.29, 0.717) is 12.2 Å². The first-order valence-electron chi connectivity index (χ1n) is 9.97. The Kier molecular flexibility index (Phi) is 7.36. The third-order valence-electron chi connectivity index (χ3n) is 4.80. The van der Waals surface area contributed by atoms with Crippen LogP contribution in [0.2, 0.25) is 5.02 Å². The molecule has 31 heavy (non-hydrogen) atoms. The van der Waals surface area contributed by atoms with E-state index in [1.54, 1.807) is 24.3 Å². The first-order valence-corrected chi connectivity index (χ1v) is 11.8. The Morgan fingerprint density at radius 3 is 2.39 bits per heavy atom. The summed E-state index contributed by atoms with van der Waals surface area (Å²) in [6.45, 7) is 4.45. The second kappa shape index (κ2) is 9.98. The maximum Gasteiger partial charge on any atom is 0.263 e. The van der Waals surface area contributed by atoms with Crippen molar-refractivity contribution in [1.29, 1.82) is 0 Å². The van der Waals surface area contributed by atoms with Gasteiger partial charge in [-0.05, 0) is 62.6 Å². The van der Waals surface area contributed by atoms with Gasteiger partial charge < -0.3 is 5.32 Å². The molecule has 7 heteroatoms. The fraction of sp³-hybridized carbons (Fsp3) is 0.208. The zero-order valence-electron chi connectivity index (χ0n) is 17.5. The summed E-state index contributed by atoms with van der Waals surface area (Å²) in [4.78, 5) is 12.4. The number of hydrogen-bond acceptors (Lipinski definition) is 3. The summed E-state index contributed by atoms with van der Waals surface area (Å²) in [6.07, 6.45) is 1.63. The van der Waals surface area contributed by atoms with Crippen LogP contribution in [-0.4, -0.2) is 20.9 Å². The fourth-order valence-corrected chi connectivity index (χ4v) is 4.73. The molecule has 2 N–H and O–H groups in total. The van der Waals surface area contributed by atoms with Crippen molar-refractivity contribution in [3.8, 4) is 0 Å². The van der Waals surface area contributed by atoms with Crippen molar-refractivity contribution in [1.82, 2.24) is 5.32 Å². The lowest BCUT2D eigenvalue weighted by atomic mass is 10.1. The number of benzene rings is 3. The largest absolute Gasteiger partial charge is 0.352 e. The molecule has 5 nitrogen and oxygen atoms in total. The normalized spacial score (nSPS) is 11.2. The van der Waals surface area contributed by atoms with Crippen LogP contribution >= 0.6 is 11.6 Å². The number of sulfonamides is 1. The van der Waals surface area contributed by atoms with Crippen molar-refractivity contribution in [3.05, 3.63) is 94.0 Å². The van der Waals surface area contributed by atoms with Crippen molar-refractivity contribution >= 4 is 33.2 Å². The van der Waals surface area contributed by atoms with Gasteiger partial charge >= 0.3 is 0 Å². The predicted molar refractivity (Wildman–Crippen MR) is 125 cm³/mol.